The summed E-state index contributed by atoms with van der Waals surface area (Å²) in [6.07, 6.45) is 1.76. The number of ether oxygens (including phenoxy) is 2. The summed E-state index contributed by atoms with van der Waals surface area (Å²) in [4.78, 5) is 5.96. The van der Waals surface area contributed by atoms with Crippen LogP contribution >= 0.6 is 11.8 Å². The maximum absolute atomic E-state index is 5.87. The van der Waals surface area contributed by atoms with E-state index in [0.717, 1.165) is 38.3 Å². The smallest absolute Gasteiger partial charge is 0.126 e. The Balaban J connectivity index is 1.87. The zero-order valence-electron chi connectivity index (χ0n) is 16.3. The maximum atomic E-state index is 5.87. The van der Waals surface area contributed by atoms with Gasteiger partial charge in [-0.15, -0.1) is 0 Å². The lowest BCUT2D eigenvalue weighted by Crippen LogP contribution is -1.97. The Kier molecular flexibility index (Phi) is 6.93. The predicted molar refractivity (Wildman–Crippen MR) is 118 cm³/mol. The van der Waals surface area contributed by atoms with Crippen molar-refractivity contribution in [3.05, 3.63) is 96.3 Å². The third-order valence-corrected chi connectivity index (χ3v) is 5.07. The van der Waals surface area contributed by atoms with Crippen LogP contribution in [0.4, 0.5) is 5.69 Å². The van der Waals surface area contributed by atoms with Crippen molar-refractivity contribution >= 4 is 22.5 Å². The number of methoxy groups -OCH3 is 1. The molecule has 3 aromatic carbocycles. The Morgan fingerprint density at radius 1 is 0.893 bits per heavy atom. The SMILES string of the molecule is COc1ccc(N=C(Sc2ccccc2)C(C)=COc2cccc(C)c2)cc1. The van der Waals surface area contributed by atoms with Crippen LogP contribution in [-0.2, 0) is 0 Å². The molecule has 0 amide bonds. The molecule has 0 aliphatic heterocycles. The van der Waals surface area contributed by atoms with Crippen LogP contribution in [0.2, 0.25) is 0 Å². The van der Waals surface area contributed by atoms with Gasteiger partial charge in [0.05, 0.1) is 19.1 Å². The molecule has 142 valence electrons. The molecule has 3 aromatic rings. The highest BCUT2D eigenvalue weighted by Gasteiger charge is 2.07. The van der Waals surface area contributed by atoms with Gasteiger partial charge in [-0.05, 0) is 67.9 Å². The highest BCUT2D eigenvalue weighted by Crippen LogP contribution is 2.27. The van der Waals surface area contributed by atoms with Crippen LogP contribution in [0.25, 0.3) is 0 Å². The number of hydrogen-bond acceptors (Lipinski definition) is 4. The minimum absolute atomic E-state index is 0.811. The van der Waals surface area contributed by atoms with Gasteiger partial charge in [0.15, 0.2) is 0 Å². The Bertz CT molecular complexity index is 963. The van der Waals surface area contributed by atoms with E-state index < -0.39 is 0 Å². The molecule has 0 aliphatic rings. The molecule has 0 aliphatic carbocycles. The van der Waals surface area contributed by atoms with E-state index in [4.69, 9.17) is 14.5 Å². The van der Waals surface area contributed by atoms with E-state index in [0.29, 0.717) is 0 Å². The molecular weight excluding hydrogens is 366 g/mol. The molecule has 0 saturated heterocycles. The molecule has 0 heterocycles. The summed E-state index contributed by atoms with van der Waals surface area (Å²) >= 11 is 1.61. The third kappa shape index (κ3) is 5.76. The summed E-state index contributed by atoms with van der Waals surface area (Å²) < 4.78 is 11.1. The lowest BCUT2D eigenvalue weighted by Gasteiger charge is -2.09. The summed E-state index contributed by atoms with van der Waals surface area (Å²) in [6, 6.07) is 25.9. The van der Waals surface area contributed by atoms with E-state index in [1.807, 2.05) is 80.6 Å². The average Bonchev–Trinajstić information content (AvgIpc) is 2.73. The third-order valence-electron chi connectivity index (χ3n) is 3.96. The molecule has 0 N–H and O–H groups in total. The van der Waals surface area contributed by atoms with Crippen LogP contribution in [0.3, 0.4) is 0 Å². The van der Waals surface area contributed by atoms with Gasteiger partial charge in [0.1, 0.15) is 16.5 Å². The highest BCUT2D eigenvalue weighted by atomic mass is 32.2. The predicted octanol–water partition coefficient (Wildman–Crippen LogP) is 6.81. The molecule has 0 unspecified atom stereocenters. The molecule has 0 spiro atoms. The van der Waals surface area contributed by atoms with Gasteiger partial charge in [0.25, 0.3) is 0 Å². The fraction of sp³-hybridized carbons (Fsp3) is 0.125. The number of nitrogens with zero attached hydrogens (tertiary/aromatic N) is 1. The van der Waals surface area contributed by atoms with E-state index in [1.165, 1.54) is 0 Å². The molecule has 0 fully saturated rings. The fourth-order valence-electron chi connectivity index (χ4n) is 2.46. The summed E-state index contributed by atoms with van der Waals surface area (Å²) in [6.45, 7) is 4.05. The zero-order chi connectivity index (χ0) is 19.8. The van der Waals surface area contributed by atoms with Gasteiger partial charge < -0.3 is 9.47 Å². The van der Waals surface area contributed by atoms with Gasteiger partial charge in [0, 0.05) is 10.5 Å². The highest BCUT2D eigenvalue weighted by molar-refractivity contribution is 8.14. The minimum Gasteiger partial charge on any atom is -0.497 e. The molecule has 28 heavy (non-hydrogen) atoms. The molecule has 0 saturated carbocycles. The van der Waals surface area contributed by atoms with Crippen molar-refractivity contribution in [2.75, 3.05) is 7.11 Å². The topological polar surface area (TPSA) is 30.8 Å². The first-order valence-electron chi connectivity index (χ1n) is 9.00. The molecule has 4 heteroatoms. The molecule has 0 radical (unpaired) electrons. The number of benzene rings is 3. The minimum atomic E-state index is 0.811. The lowest BCUT2D eigenvalue weighted by molar-refractivity contribution is 0.415. The Morgan fingerprint density at radius 3 is 2.32 bits per heavy atom. The largest absolute Gasteiger partial charge is 0.497 e. The first kappa shape index (κ1) is 19.8. The van der Waals surface area contributed by atoms with Crippen molar-refractivity contribution in [1.29, 1.82) is 0 Å². The summed E-state index contributed by atoms with van der Waals surface area (Å²) in [5.41, 5.74) is 2.98. The normalized spacial score (nSPS) is 12.0. The van der Waals surface area contributed by atoms with Crippen LogP contribution in [-0.4, -0.2) is 12.2 Å². The Hall–Kier alpha value is -2.98. The van der Waals surface area contributed by atoms with Crippen molar-refractivity contribution in [3.8, 4) is 11.5 Å². The van der Waals surface area contributed by atoms with E-state index in [1.54, 1.807) is 25.1 Å². The molecule has 0 bridgehead atoms. The van der Waals surface area contributed by atoms with Gasteiger partial charge in [-0.25, -0.2) is 4.99 Å². The number of hydrogen-bond donors (Lipinski definition) is 0. The van der Waals surface area contributed by atoms with Crippen molar-refractivity contribution in [3.63, 3.8) is 0 Å². The molecule has 0 atom stereocenters. The second-order valence-electron chi connectivity index (χ2n) is 6.27. The van der Waals surface area contributed by atoms with E-state index in [2.05, 4.69) is 12.1 Å². The average molecular weight is 390 g/mol. The van der Waals surface area contributed by atoms with E-state index >= 15 is 0 Å². The number of aryl methyl sites for hydroxylation is 1. The monoisotopic (exact) mass is 389 g/mol. The van der Waals surface area contributed by atoms with Gasteiger partial charge in [0.2, 0.25) is 0 Å². The molecule has 0 aromatic heterocycles. The summed E-state index contributed by atoms with van der Waals surface area (Å²) in [7, 11) is 1.66. The molecule has 3 nitrogen and oxygen atoms in total. The zero-order valence-corrected chi connectivity index (χ0v) is 17.1. The Morgan fingerprint density at radius 2 is 1.64 bits per heavy atom. The van der Waals surface area contributed by atoms with Crippen LogP contribution in [0.15, 0.2) is 101 Å². The van der Waals surface area contributed by atoms with Crippen molar-refractivity contribution < 1.29 is 9.47 Å². The molecule has 3 rings (SSSR count). The first-order valence-corrected chi connectivity index (χ1v) is 9.82. The second kappa shape index (κ2) is 9.81. The second-order valence-corrected chi connectivity index (χ2v) is 7.33. The number of rotatable bonds is 6. The standard InChI is InChI=1S/C24H23NO2S/c1-18-8-7-9-22(16-18)27-17-19(2)24(28-23-10-5-4-6-11-23)25-20-12-14-21(26-3)15-13-20/h4-17H,1-3H3. The van der Waals surface area contributed by atoms with Crippen LogP contribution in [0.1, 0.15) is 12.5 Å². The summed E-state index contributed by atoms with van der Waals surface area (Å²) in [5, 5.41) is 0.879. The lowest BCUT2D eigenvalue weighted by atomic mass is 10.2. The quantitative estimate of drug-likeness (QED) is 0.201. The Labute approximate surface area is 170 Å². The maximum Gasteiger partial charge on any atom is 0.126 e. The van der Waals surface area contributed by atoms with Crippen molar-refractivity contribution in [1.82, 2.24) is 0 Å². The molecular formula is C24H23NO2S. The first-order chi connectivity index (χ1) is 13.6. The van der Waals surface area contributed by atoms with Crippen LogP contribution < -0.4 is 9.47 Å². The van der Waals surface area contributed by atoms with E-state index in [-0.39, 0.29) is 0 Å². The van der Waals surface area contributed by atoms with Gasteiger partial charge >= 0.3 is 0 Å². The van der Waals surface area contributed by atoms with Crippen molar-refractivity contribution in [2.24, 2.45) is 4.99 Å². The van der Waals surface area contributed by atoms with Gasteiger partial charge in [-0.1, -0.05) is 42.1 Å². The van der Waals surface area contributed by atoms with Gasteiger partial charge in [-0.3, -0.25) is 0 Å². The fourth-order valence-corrected chi connectivity index (χ4v) is 3.34. The van der Waals surface area contributed by atoms with Crippen molar-refractivity contribution in [2.45, 2.75) is 18.7 Å². The number of aliphatic imine (C=N–C) groups is 1. The summed E-state index contributed by atoms with van der Waals surface area (Å²) in [5.74, 6) is 1.62. The number of thioether (sulfide) groups is 1. The van der Waals surface area contributed by atoms with Gasteiger partial charge in [-0.2, -0.15) is 0 Å². The van der Waals surface area contributed by atoms with Crippen LogP contribution in [0.5, 0.6) is 11.5 Å². The van der Waals surface area contributed by atoms with Crippen LogP contribution in [0, 0.1) is 6.92 Å². The van der Waals surface area contributed by atoms with E-state index in [9.17, 15) is 0 Å².